The second-order valence-corrected chi connectivity index (χ2v) is 5.71. The number of hydrogen-bond donors (Lipinski definition) is 0. The highest BCUT2D eigenvalue weighted by atomic mass is 35.5. The Kier molecular flexibility index (Phi) is 2.93. The van der Waals surface area contributed by atoms with Crippen LogP contribution in [0, 0.1) is 13.8 Å². The van der Waals surface area contributed by atoms with E-state index in [0.717, 1.165) is 50.4 Å². The number of aryl methyl sites for hydroxylation is 2. The first kappa shape index (κ1) is 14.2. The van der Waals surface area contributed by atoms with Gasteiger partial charge in [0.1, 0.15) is 11.3 Å². The Labute approximate surface area is 138 Å². The lowest BCUT2D eigenvalue weighted by molar-refractivity contribution is 0.174. The minimum Gasteiger partial charge on any atom is -0.461 e. The van der Waals surface area contributed by atoms with Crippen LogP contribution in [0.5, 0.6) is 11.5 Å². The lowest BCUT2D eigenvalue weighted by Crippen LogP contribution is -1.92. The van der Waals surface area contributed by atoms with E-state index in [2.05, 4.69) is 19.1 Å². The van der Waals surface area contributed by atoms with E-state index in [1.807, 2.05) is 25.1 Å². The second-order valence-electron chi connectivity index (χ2n) is 5.71. The van der Waals surface area contributed by atoms with Gasteiger partial charge >= 0.3 is 0 Å². The fourth-order valence-electron chi connectivity index (χ4n) is 3.19. The van der Waals surface area contributed by atoms with Crippen molar-refractivity contribution in [2.24, 2.45) is 0 Å². The Hall–Kier alpha value is -2.46. The summed E-state index contributed by atoms with van der Waals surface area (Å²) < 4.78 is 17.0. The predicted molar refractivity (Wildman–Crippen MR) is 91.0 cm³/mol. The first-order valence-electron chi connectivity index (χ1n) is 7.23. The summed E-state index contributed by atoms with van der Waals surface area (Å²) in [7, 11) is 0. The molecular weight excluding hydrogens is 314 g/mol. The van der Waals surface area contributed by atoms with Crippen LogP contribution in [0.4, 0.5) is 0 Å². The highest BCUT2D eigenvalue weighted by Crippen LogP contribution is 2.43. The van der Waals surface area contributed by atoms with Crippen LogP contribution in [0.2, 0.25) is 0 Å². The summed E-state index contributed by atoms with van der Waals surface area (Å²) in [6.45, 7) is 4.33. The van der Waals surface area contributed by atoms with E-state index in [1.165, 1.54) is 5.56 Å². The van der Waals surface area contributed by atoms with Crippen molar-refractivity contribution in [2.75, 3.05) is 6.79 Å². The maximum atomic E-state index is 6.00. The quantitative estimate of drug-likeness (QED) is 0.463. The summed E-state index contributed by atoms with van der Waals surface area (Å²) in [6.07, 6.45) is 0. The number of rotatable bonds is 0. The molecule has 0 spiro atoms. The summed E-state index contributed by atoms with van der Waals surface area (Å²) in [5.41, 5.74) is 4.92. The van der Waals surface area contributed by atoms with E-state index < -0.39 is 0 Å². The third-order valence-electron chi connectivity index (χ3n) is 4.26. The molecule has 1 aliphatic carbocycles. The zero-order chi connectivity index (χ0) is 14.8. The molecule has 3 heterocycles. The van der Waals surface area contributed by atoms with Gasteiger partial charge in [0, 0.05) is 16.8 Å². The number of hydrogen-bond acceptors (Lipinski definition) is 4. The maximum absolute atomic E-state index is 6.00. The first-order valence-corrected chi connectivity index (χ1v) is 7.23. The lowest BCUT2D eigenvalue weighted by atomic mass is 10.1. The minimum atomic E-state index is 0. The highest BCUT2D eigenvalue weighted by Gasteiger charge is 2.22. The Morgan fingerprint density at radius 3 is 2.57 bits per heavy atom. The van der Waals surface area contributed by atoms with E-state index in [-0.39, 0.29) is 19.2 Å². The summed E-state index contributed by atoms with van der Waals surface area (Å²) in [5.74, 6) is 2.42. The molecule has 0 N–H and O–H groups in total. The fourth-order valence-corrected chi connectivity index (χ4v) is 3.19. The molecule has 4 nitrogen and oxygen atoms in total. The van der Waals surface area contributed by atoms with Gasteiger partial charge in [-0.25, -0.2) is 4.98 Å². The normalized spacial score (nSPS) is 13.0. The molecule has 1 aromatic carbocycles. The Morgan fingerprint density at radius 2 is 1.74 bits per heavy atom. The maximum Gasteiger partial charge on any atom is 0.231 e. The third-order valence-corrected chi connectivity index (χ3v) is 4.26. The summed E-state index contributed by atoms with van der Waals surface area (Å²) >= 11 is 0. The Balaban J connectivity index is 0.00000135. The van der Waals surface area contributed by atoms with Gasteiger partial charge in [0.15, 0.2) is 11.5 Å². The molecule has 0 atom stereocenters. The van der Waals surface area contributed by atoms with Crippen molar-refractivity contribution < 1.29 is 13.9 Å². The predicted octanol–water partition coefficient (Wildman–Crippen LogP) is 4.85. The number of furan rings is 1. The topological polar surface area (TPSA) is 44.5 Å². The van der Waals surface area contributed by atoms with Gasteiger partial charge in [0.05, 0.1) is 16.8 Å². The molecule has 116 valence electrons. The molecule has 0 saturated heterocycles. The molecule has 0 radical (unpaired) electrons. The van der Waals surface area contributed by atoms with Gasteiger partial charge in [0.2, 0.25) is 6.79 Å². The average molecular weight is 328 g/mol. The van der Waals surface area contributed by atoms with Crippen molar-refractivity contribution in [2.45, 2.75) is 13.8 Å². The van der Waals surface area contributed by atoms with Crippen molar-refractivity contribution in [1.29, 1.82) is 0 Å². The van der Waals surface area contributed by atoms with E-state index in [9.17, 15) is 0 Å². The average Bonchev–Trinajstić information content (AvgIpc) is 3.16. The number of halogens is 1. The monoisotopic (exact) mass is 327 g/mol. The molecule has 3 aliphatic rings. The van der Waals surface area contributed by atoms with Gasteiger partial charge in [-0.2, -0.15) is 0 Å². The van der Waals surface area contributed by atoms with Gasteiger partial charge < -0.3 is 13.9 Å². The van der Waals surface area contributed by atoms with Crippen LogP contribution < -0.4 is 9.47 Å². The molecule has 1 aromatic heterocycles. The highest BCUT2D eigenvalue weighted by molar-refractivity contribution is 6.09. The number of aromatic nitrogens is 1. The number of nitrogens with zero attached hydrogens (tertiary/aromatic N) is 1. The van der Waals surface area contributed by atoms with Gasteiger partial charge in [-0.15, -0.1) is 12.4 Å². The summed E-state index contributed by atoms with van der Waals surface area (Å²) in [6, 6.07) is 10.1. The van der Waals surface area contributed by atoms with Crippen molar-refractivity contribution in [3.05, 3.63) is 41.7 Å². The molecule has 0 saturated carbocycles. The molecule has 0 fully saturated rings. The SMILES string of the molecule is Cc1cc2c(C)ccc3nc4cc5c(cc4c-3c2o1)OCO5.Cl. The van der Waals surface area contributed by atoms with Gasteiger partial charge in [-0.1, -0.05) is 6.07 Å². The summed E-state index contributed by atoms with van der Waals surface area (Å²) in [4.78, 5) is 4.74. The smallest absolute Gasteiger partial charge is 0.231 e. The standard InChI is InChI=1S/C18H13NO3.ClH/c1-9-3-4-13-17(18-11(9)5-10(2)22-18)12-6-15-16(21-8-20-15)7-14(12)19-13;/h3-7H,8H2,1-2H3;1H. The molecule has 5 heteroatoms. The molecular formula is C18H14ClNO3. The van der Waals surface area contributed by atoms with E-state index in [0.29, 0.717) is 0 Å². The van der Waals surface area contributed by atoms with Gasteiger partial charge in [-0.05, 0) is 37.6 Å². The van der Waals surface area contributed by atoms with E-state index >= 15 is 0 Å². The summed E-state index contributed by atoms with van der Waals surface area (Å²) in [5, 5.41) is 2.16. The molecule has 5 rings (SSSR count). The molecule has 0 bridgehead atoms. The van der Waals surface area contributed by atoms with Crippen LogP contribution in [0.1, 0.15) is 11.3 Å². The Bertz CT molecular complexity index is 1040. The third kappa shape index (κ3) is 1.88. The Morgan fingerprint density at radius 1 is 0.957 bits per heavy atom. The van der Waals surface area contributed by atoms with Crippen molar-refractivity contribution in [1.82, 2.24) is 4.98 Å². The van der Waals surface area contributed by atoms with Crippen molar-refractivity contribution in [3.8, 4) is 22.8 Å². The van der Waals surface area contributed by atoms with Crippen LogP contribution >= 0.6 is 12.4 Å². The van der Waals surface area contributed by atoms with Gasteiger partial charge in [-0.3, -0.25) is 0 Å². The molecule has 23 heavy (non-hydrogen) atoms. The van der Waals surface area contributed by atoms with Gasteiger partial charge in [0.25, 0.3) is 0 Å². The largest absolute Gasteiger partial charge is 0.461 e. The lowest BCUT2D eigenvalue weighted by Gasteiger charge is -1.97. The zero-order valence-corrected chi connectivity index (χ0v) is 13.5. The fraction of sp³-hybridized carbons (Fsp3) is 0.167. The molecule has 2 aromatic rings. The minimum absolute atomic E-state index is 0. The molecule has 0 unspecified atom stereocenters. The van der Waals surface area contributed by atoms with Crippen LogP contribution in [-0.4, -0.2) is 11.8 Å². The van der Waals surface area contributed by atoms with E-state index in [4.69, 9.17) is 18.9 Å². The van der Waals surface area contributed by atoms with E-state index in [1.54, 1.807) is 0 Å². The van der Waals surface area contributed by atoms with Crippen LogP contribution in [0.15, 0.2) is 34.7 Å². The number of benzene rings is 1. The number of fused-ring (bicyclic) bond motifs is 6. The van der Waals surface area contributed by atoms with Crippen LogP contribution in [0.25, 0.3) is 33.1 Å². The first-order chi connectivity index (χ1) is 10.7. The second kappa shape index (κ2) is 4.77. The number of ether oxygens (including phenoxy) is 2. The van der Waals surface area contributed by atoms with Crippen molar-refractivity contribution in [3.63, 3.8) is 0 Å². The van der Waals surface area contributed by atoms with Crippen molar-refractivity contribution >= 4 is 34.3 Å². The van der Waals surface area contributed by atoms with Crippen LogP contribution in [-0.2, 0) is 0 Å². The molecule has 2 aliphatic heterocycles. The zero-order valence-electron chi connectivity index (χ0n) is 12.7. The van der Waals surface area contributed by atoms with Crippen LogP contribution in [0.3, 0.4) is 0 Å². The molecule has 0 amide bonds.